The van der Waals surface area contributed by atoms with Gasteiger partial charge in [-0.3, -0.25) is 0 Å². The van der Waals surface area contributed by atoms with Crippen LogP contribution < -0.4 is 0 Å². The van der Waals surface area contributed by atoms with Gasteiger partial charge in [0, 0.05) is 49.6 Å². The van der Waals surface area contributed by atoms with Crippen LogP contribution in [0.25, 0.3) is 134 Å². The second-order valence-electron chi connectivity index (χ2n) is 18.8. The van der Waals surface area contributed by atoms with E-state index >= 15 is 0 Å². The number of aromatic nitrogens is 5. The van der Waals surface area contributed by atoms with Crippen LogP contribution in [0.4, 0.5) is 0 Å². The van der Waals surface area contributed by atoms with Crippen molar-refractivity contribution in [1.82, 2.24) is 24.1 Å². The van der Waals surface area contributed by atoms with Gasteiger partial charge in [0.15, 0.2) is 17.5 Å². The summed E-state index contributed by atoms with van der Waals surface area (Å²) in [5.41, 5.74) is 18.4. The first-order chi connectivity index (χ1) is 36.7. The predicted molar refractivity (Wildman–Crippen MR) is 307 cm³/mol. The van der Waals surface area contributed by atoms with Crippen molar-refractivity contribution in [2.24, 2.45) is 0 Å². The van der Waals surface area contributed by atoms with E-state index in [9.17, 15) is 0 Å². The van der Waals surface area contributed by atoms with Gasteiger partial charge in [-0.15, -0.1) is 0 Å². The first-order valence-electron chi connectivity index (χ1n) is 25.1. The molecule has 0 fully saturated rings. The molecule has 0 aliphatic heterocycles. The molecule has 0 spiro atoms. The van der Waals surface area contributed by atoms with Gasteiger partial charge in [0.2, 0.25) is 0 Å². The highest BCUT2D eigenvalue weighted by Gasteiger charge is 2.21. The van der Waals surface area contributed by atoms with Crippen molar-refractivity contribution < 1.29 is 0 Å². The lowest BCUT2D eigenvalue weighted by atomic mass is 9.98. The van der Waals surface area contributed by atoms with Crippen LogP contribution in [-0.2, 0) is 0 Å². The first-order valence-corrected chi connectivity index (χ1v) is 25.1. The molecule has 14 rings (SSSR count). The van der Waals surface area contributed by atoms with E-state index in [0.717, 1.165) is 83.3 Å². The fraction of sp³-hybridized carbons (Fsp3) is 0. The fourth-order valence-corrected chi connectivity index (χ4v) is 10.8. The van der Waals surface area contributed by atoms with Gasteiger partial charge in [0.1, 0.15) is 0 Å². The van der Waals surface area contributed by atoms with Crippen LogP contribution in [0.2, 0.25) is 0 Å². The van der Waals surface area contributed by atoms with E-state index in [4.69, 9.17) is 15.0 Å². The summed E-state index contributed by atoms with van der Waals surface area (Å²) in [6.45, 7) is 0. The minimum atomic E-state index is 0.593. The standard InChI is InChI=1S/C69H45N5/c1-6-18-46(19-7-1)49-30-32-52(33-31-49)68-70-67(51-26-14-5-15-27-51)71-69(72-68)62-45-55(36-40-57(62)50-24-12-4-13-25-50)74-64-41-37-56(44-61(64)60-39-35-54(43-66(60)74)48-22-10-3-11-23-48)73-63-29-17-16-28-58(63)59-38-34-53(42-65(59)73)47-20-8-2-9-21-47/h1-45H. The minimum absolute atomic E-state index is 0.593. The molecule has 3 aromatic heterocycles. The number of para-hydroxylation sites is 1. The molecule has 74 heavy (non-hydrogen) atoms. The van der Waals surface area contributed by atoms with Crippen LogP contribution in [-0.4, -0.2) is 24.1 Å². The lowest BCUT2D eigenvalue weighted by Gasteiger charge is -2.16. The zero-order valence-corrected chi connectivity index (χ0v) is 40.2. The van der Waals surface area contributed by atoms with Crippen molar-refractivity contribution >= 4 is 43.6 Å². The highest BCUT2D eigenvalue weighted by molar-refractivity contribution is 6.13. The lowest BCUT2D eigenvalue weighted by Crippen LogP contribution is -2.02. The van der Waals surface area contributed by atoms with Crippen LogP contribution in [0.1, 0.15) is 0 Å². The summed E-state index contributed by atoms with van der Waals surface area (Å²) in [7, 11) is 0. The molecule has 346 valence electrons. The molecule has 3 heterocycles. The van der Waals surface area contributed by atoms with Gasteiger partial charge in [-0.25, -0.2) is 15.0 Å². The summed E-state index contributed by atoms with van der Waals surface area (Å²) in [5, 5.41) is 4.77. The zero-order valence-electron chi connectivity index (χ0n) is 40.2. The number of fused-ring (bicyclic) bond motifs is 6. The van der Waals surface area contributed by atoms with Crippen molar-refractivity contribution in [2.45, 2.75) is 0 Å². The highest BCUT2D eigenvalue weighted by Crippen LogP contribution is 2.42. The molecule has 0 atom stereocenters. The van der Waals surface area contributed by atoms with E-state index in [1.165, 1.54) is 32.9 Å². The van der Waals surface area contributed by atoms with Crippen molar-refractivity contribution in [3.05, 3.63) is 273 Å². The molecule has 0 amide bonds. The molecule has 14 aromatic rings. The third kappa shape index (κ3) is 7.54. The lowest BCUT2D eigenvalue weighted by molar-refractivity contribution is 1.07. The summed E-state index contributed by atoms with van der Waals surface area (Å²) in [5.74, 6) is 1.81. The molecule has 0 aliphatic rings. The molecule has 0 unspecified atom stereocenters. The number of rotatable bonds is 9. The molecule has 0 aliphatic carbocycles. The number of hydrogen-bond acceptors (Lipinski definition) is 3. The predicted octanol–water partition coefficient (Wildman–Crippen LogP) is 17.7. The largest absolute Gasteiger partial charge is 0.309 e. The van der Waals surface area contributed by atoms with Gasteiger partial charge < -0.3 is 9.13 Å². The Labute approximate surface area is 428 Å². The number of hydrogen-bond donors (Lipinski definition) is 0. The molecule has 5 nitrogen and oxygen atoms in total. The first kappa shape index (κ1) is 42.9. The van der Waals surface area contributed by atoms with Gasteiger partial charge >= 0.3 is 0 Å². The van der Waals surface area contributed by atoms with E-state index in [-0.39, 0.29) is 0 Å². The zero-order chi connectivity index (χ0) is 49.0. The molecule has 0 bridgehead atoms. The molecule has 0 radical (unpaired) electrons. The monoisotopic (exact) mass is 943 g/mol. The number of benzene rings is 11. The van der Waals surface area contributed by atoms with Gasteiger partial charge in [-0.1, -0.05) is 224 Å². The molecule has 11 aromatic carbocycles. The summed E-state index contributed by atoms with van der Waals surface area (Å²) in [4.78, 5) is 15.9. The minimum Gasteiger partial charge on any atom is -0.309 e. The summed E-state index contributed by atoms with van der Waals surface area (Å²) in [6.07, 6.45) is 0. The van der Waals surface area contributed by atoms with E-state index < -0.39 is 0 Å². The van der Waals surface area contributed by atoms with E-state index in [1.54, 1.807) is 0 Å². The van der Waals surface area contributed by atoms with Crippen LogP contribution in [0.15, 0.2) is 273 Å². The highest BCUT2D eigenvalue weighted by atomic mass is 15.0. The normalized spacial score (nSPS) is 11.5. The van der Waals surface area contributed by atoms with Gasteiger partial charge in [0.25, 0.3) is 0 Å². The topological polar surface area (TPSA) is 48.5 Å². The Morgan fingerprint density at radius 1 is 0.203 bits per heavy atom. The molecule has 0 saturated carbocycles. The van der Waals surface area contributed by atoms with Crippen molar-refractivity contribution in [3.63, 3.8) is 0 Å². The van der Waals surface area contributed by atoms with E-state index in [0.29, 0.717) is 17.5 Å². The van der Waals surface area contributed by atoms with Crippen LogP contribution in [0.5, 0.6) is 0 Å². The van der Waals surface area contributed by atoms with E-state index in [2.05, 4.69) is 258 Å². The van der Waals surface area contributed by atoms with Crippen LogP contribution >= 0.6 is 0 Å². The fourth-order valence-electron chi connectivity index (χ4n) is 10.8. The molecule has 0 saturated heterocycles. The van der Waals surface area contributed by atoms with Gasteiger partial charge in [-0.2, -0.15) is 0 Å². The second-order valence-corrected chi connectivity index (χ2v) is 18.8. The SMILES string of the molecule is c1ccc(-c2ccc(-c3nc(-c4ccccc4)nc(-c4cc(-n5c6ccc(-n7c8ccccc8c8ccc(-c9ccccc9)cc87)cc6c6ccc(-c7ccccc7)cc65)ccc4-c4ccccc4)n3)cc2)cc1. The average molecular weight is 944 g/mol. The third-order valence-electron chi connectivity index (χ3n) is 14.4. The quantitative estimate of drug-likeness (QED) is 0.145. The van der Waals surface area contributed by atoms with Crippen molar-refractivity contribution in [1.29, 1.82) is 0 Å². The molecule has 0 N–H and O–H groups in total. The van der Waals surface area contributed by atoms with Crippen LogP contribution in [0.3, 0.4) is 0 Å². The Balaban J connectivity index is 0.996. The number of nitrogens with zero attached hydrogens (tertiary/aromatic N) is 5. The van der Waals surface area contributed by atoms with Crippen molar-refractivity contribution in [3.8, 4) is 90.0 Å². The summed E-state index contributed by atoms with van der Waals surface area (Å²) >= 11 is 0. The third-order valence-corrected chi connectivity index (χ3v) is 14.4. The molecule has 5 heteroatoms. The summed E-state index contributed by atoms with van der Waals surface area (Å²) in [6, 6.07) is 97.3. The smallest absolute Gasteiger partial charge is 0.164 e. The maximum absolute atomic E-state index is 5.37. The van der Waals surface area contributed by atoms with Gasteiger partial charge in [-0.05, 0) is 93.0 Å². The Hall–Kier alpha value is -9.97. The van der Waals surface area contributed by atoms with E-state index in [1.807, 2.05) is 24.3 Å². The van der Waals surface area contributed by atoms with Gasteiger partial charge in [0.05, 0.1) is 22.1 Å². The maximum atomic E-state index is 5.37. The Bertz CT molecular complexity index is 4370. The maximum Gasteiger partial charge on any atom is 0.164 e. The Kier molecular flexibility index (Phi) is 10.4. The molecular formula is C69H45N5. The van der Waals surface area contributed by atoms with Crippen molar-refractivity contribution in [2.75, 3.05) is 0 Å². The molecular weight excluding hydrogens is 899 g/mol. The Morgan fingerprint density at radius 2 is 0.581 bits per heavy atom. The van der Waals surface area contributed by atoms with Crippen LogP contribution in [0, 0.1) is 0 Å². The Morgan fingerprint density at radius 3 is 1.16 bits per heavy atom. The summed E-state index contributed by atoms with van der Waals surface area (Å²) < 4.78 is 4.85. The average Bonchev–Trinajstić information content (AvgIpc) is 4.01. The second kappa shape index (κ2) is 18.0.